The van der Waals surface area contributed by atoms with Crippen molar-refractivity contribution in [3.63, 3.8) is 0 Å². The lowest BCUT2D eigenvalue weighted by Crippen LogP contribution is -2.43. The molecule has 2 N–H and O–H groups in total. The summed E-state index contributed by atoms with van der Waals surface area (Å²) in [6, 6.07) is 0. The van der Waals surface area contributed by atoms with Crippen LogP contribution in [0.5, 0.6) is 0 Å². The standard InChI is InChI=1S/C13H21N3O3S/c1-2-14-13-15-11(9-20-13)12(18)16-5-3-4-10(8-16)19-7-6-17/h9-10,17H,2-8H2,1H3,(H,14,15). The molecule has 2 heterocycles. The molecule has 1 atom stereocenters. The van der Waals surface area contributed by atoms with Gasteiger partial charge in [0, 0.05) is 25.0 Å². The Kier molecular flexibility index (Phi) is 5.75. The molecule has 1 aliphatic heterocycles. The van der Waals surface area contributed by atoms with Crippen LogP contribution in [0, 0.1) is 0 Å². The molecule has 1 saturated heterocycles. The highest BCUT2D eigenvalue weighted by molar-refractivity contribution is 7.13. The van der Waals surface area contributed by atoms with E-state index in [0.717, 1.165) is 31.1 Å². The van der Waals surface area contributed by atoms with E-state index in [1.54, 1.807) is 10.3 Å². The zero-order chi connectivity index (χ0) is 14.4. The van der Waals surface area contributed by atoms with E-state index in [9.17, 15) is 4.79 Å². The Morgan fingerprint density at radius 3 is 3.30 bits per heavy atom. The Hall–Kier alpha value is -1.18. The monoisotopic (exact) mass is 299 g/mol. The Morgan fingerprint density at radius 2 is 2.55 bits per heavy atom. The molecule has 112 valence electrons. The molecule has 0 spiro atoms. The average Bonchev–Trinajstić information content (AvgIpc) is 2.93. The van der Waals surface area contributed by atoms with Gasteiger partial charge in [-0.2, -0.15) is 0 Å². The van der Waals surface area contributed by atoms with Gasteiger partial charge in [0.15, 0.2) is 5.13 Å². The van der Waals surface area contributed by atoms with Crippen LogP contribution < -0.4 is 5.32 Å². The van der Waals surface area contributed by atoms with Gasteiger partial charge in [-0.3, -0.25) is 4.79 Å². The van der Waals surface area contributed by atoms with Crippen molar-refractivity contribution in [1.29, 1.82) is 0 Å². The first-order valence-electron chi connectivity index (χ1n) is 6.95. The number of nitrogens with one attached hydrogen (secondary N) is 1. The van der Waals surface area contributed by atoms with Crippen LogP contribution in [0.25, 0.3) is 0 Å². The zero-order valence-corrected chi connectivity index (χ0v) is 12.5. The van der Waals surface area contributed by atoms with Gasteiger partial charge in [0.25, 0.3) is 5.91 Å². The zero-order valence-electron chi connectivity index (χ0n) is 11.7. The number of rotatable bonds is 6. The second-order valence-electron chi connectivity index (χ2n) is 4.68. The molecule has 0 aliphatic carbocycles. The molecular formula is C13H21N3O3S. The highest BCUT2D eigenvalue weighted by Crippen LogP contribution is 2.19. The topological polar surface area (TPSA) is 74.7 Å². The van der Waals surface area contributed by atoms with Gasteiger partial charge in [-0.15, -0.1) is 11.3 Å². The third kappa shape index (κ3) is 3.91. The van der Waals surface area contributed by atoms with Gasteiger partial charge < -0.3 is 20.1 Å². The van der Waals surface area contributed by atoms with Crippen LogP contribution in [0.15, 0.2) is 5.38 Å². The molecule has 0 radical (unpaired) electrons. The minimum absolute atomic E-state index is 0.0164. The van der Waals surface area contributed by atoms with Gasteiger partial charge in [0.2, 0.25) is 0 Å². The smallest absolute Gasteiger partial charge is 0.273 e. The molecule has 1 amide bonds. The Morgan fingerprint density at radius 1 is 1.70 bits per heavy atom. The van der Waals surface area contributed by atoms with Crippen LogP contribution in [0.3, 0.4) is 0 Å². The van der Waals surface area contributed by atoms with E-state index in [0.29, 0.717) is 18.8 Å². The number of thiazole rings is 1. The lowest BCUT2D eigenvalue weighted by atomic mass is 10.1. The molecule has 0 saturated carbocycles. The summed E-state index contributed by atoms with van der Waals surface area (Å²) >= 11 is 1.45. The van der Waals surface area contributed by atoms with E-state index in [-0.39, 0.29) is 18.6 Å². The molecule has 0 aromatic carbocycles. The predicted molar refractivity (Wildman–Crippen MR) is 78.2 cm³/mol. The van der Waals surface area contributed by atoms with Crippen molar-refractivity contribution in [2.75, 3.05) is 38.2 Å². The Labute approximate surface area is 122 Å². The first kappa shape index (κ1) is 15.2. The quantitative estimate of drug-likeness (QED) is 0.825. The van der Waals surface area contributed by atoms with E-state index in [4.69, 9.17) is 9.84 Å². The normalized spacial score (nSPS) is 19.1. The highest BCUT2D eigenvalue weighted by atomic mass is 32.1. The molecule has 1 fully saturated rings. The maximum Gasteiger partial charge on any atom is 0.273 e. The number of nitrogens with zero attached hydrogens (tertiary/aromatic N) is 2. The Bertz CT molecular complexity index is 438. The van der Waals surface area contributed by atoms with Crippen LogP contribution in [-0.2, 0) is 4.74 Å². The highest BCUT2D eigenvalue weighted by Gasteiger charge is 2.26. The second kappa shape index (κ2) is 7.56. The van der Waals surface area contributed by atoms with E-state index in [1.165, 1.54) is 11.3 Å². The number of aliphatic hydroxyl groups excluding tert-OH is 1. The molecule has 0 bridgehead atoms. The number of hydrogen-bond donors (Lipinski definition) is 2. The lowest BCUT2D eigenvalue weighted by molar-refractivity contribution is -0.0111. The third-order valence-electron chi connectivity index (χ3n) is 3.16. The molecule has 2 rings (SSSR count). The first-order valence-corrected chi connectivity index (χ1v) is 7.83. The first-order chi connectivity index (χ1) is 9.74. The van der Waals surface area contributed by atoms with E-state index in [2.05, 4.69) is 10.3 Å². The molecule has 20 heavy (non-hydrogen) atoms. The van der Waals surface area contributed by atoms with E-state index in [1.807, 2.05) is 6.92 Å². The van der Waals surface area contributed by atoms with Crippen LogP contribution in [0.1, 0.15) is 30.3 Å². The van der Waals surface area contributed by atoms with Crippen molar-refractivity contribution in [2.45, 2.75) is 25.9 Å². The summed E-state index contributed by atoms with van der Waals surface area (Å²) in [5, 5.41) is 14.5. The number of aromatic nitrogens is 1. The summed E-state index contributed by atoms with van der Waals surface area (Å²) in [4.78, 5) is 18.5. The molecule has 1 aromatic rings. The lowest BCUT2D eigenvalue weighted by Gasteiger charge is -2.32. The molecule has 6 nitrogen and oxygen atoms in total. The molecule has 1 aromatic heterocycles. The number of likely N-dealkylation sites (tertiary alicyclic amines) is 1. The summed E-state index contributed by atoms with van der Waals surface area (Å²) in [6.07, 6.45) is 1.88. The summed E-state index contributed by atoms with van der Waals surface area (Å²) < 4.78 is 5.52. The van der Waals surface area contributed by atoms with Gasteiger partial charge in [-0.25, -0.2) is 4.98 Å². The van der Waals surface area contributed by atoms with Crippen molar-refractivity contribution in [3.05, 3.63) is 11.1 Å². The van der Waals surface area contributed by atoms with Crippen LogP contribution >= 0.6 is 11.3 Å². The van der Waals surface area contributed by atoms with Crippen LogP contribution in [0.4, 0.5) is 5.13 Å². The summed E-state index contributed by atoms with van der Waals surface area (Å²) in [5.74, 6) is -0.0392. The van der Waals surface area contributed by atoms with Crippen molar-refractivity contribution in [1.82, 2.24) is 9.88 Å². The number of anilines is 1. The fourth-order valence-electron chi connectivity index (χ4n) is 2.24. The number of amides is 1. The van der Waals surface area contributed by atoms with Crippen LogP contribution in [-0.4, -0.2) is 59.8 Å². The fraction of sp³-hybridized carbons (Fsp3) is 0.692. The molecule has 1 aliphatic rings. The summed E-state index contributed by atoms with van der Waals surface area (Å²) in [6.45, 7) is 4.45. The van der Waals surface area contributed by atoms with E-state index >= 15 is 0 Å². The average molecular weight is 299 g/mol. The third-order valence-corrected chi connectivity index (χ3v) is 3.96. The number of ether oxygens (including phenoxy) is 1. The SMILES string of the molecule is CCNc1nc(C(=O)N2CCCC(OCCO)C2)cs1. The summed E-state index contributed by atoms with van der Waals surface area (Å²) in [5.41, 5.74) is 0.494. The predicted octanol–water partition coefficient (Wildman–Crippen LogP) is 1.19. The van der Waals surface area contributed by atoms with Gasteiger partial charge in [-0.1, -0.05) is 0 Å². The summed E-state index contributed by atoms with van der Waals surface area (Å²) in [7, 11) is 0. The van der Waals surface area contributed by atoms with Crippen molar-refractivity contribution in [2.24, 2.45) is 0 Å². The second-order valence-corrected chi connectivity index (χ2v) is 5.54. The largest absolute Gasteiger partial charge is 0.394 e. The van der Waals surface area contributed by atoms with E-state index < -0.39 is 0 Å². The fourth-order valence-corrected chi connectivity index (χ4v) is 3.00. The van der Waals surface area contributed by atoms with Gasteiger partial charge in [0.05, 0.1) is 19.3 Å². The maximum atomic E-state index is 12.4. The maximum absolute atomic E-state index is 12.4. The van der Waals surface area contributed by atoms with Crippen molar-refractivity contribution in [3.8, 4) is 0 Å². The van der Waals surface area contributed by atoms with Crippen LogP contribution in [0.2, 0.25) is 0 Å². The number of piperidine rings is 1. The minimum Gasteiger partial charge on any atom is -0.394 e. The van der Waals surface area contributed by atoms with Gasteiger partial charge in [0.1, 0.15) is 5.69 Å². The van der Waals surface area contributed by atoms with Gasteiger partial charge in [-0.05, 0) is 19.8 Å². The number of hydrogen-bond acceptors (Lipinski definition) is 6. The molecule has 1 unspecified atom stereocenters. The minimum atomic E-state index is -0.0392. The number of carbonyl (C=O) groups is 1. The Balaban J connectivity index is 1.93. The molecule has 7 heteroatoms. The molecular weight excluding hydrogens is 278 g/mol. The van der Waals surface area contributed by atoms with Crippen molar-refractivity contribution >= 4 is 22.4 Å². The van der Waals surface area contributed by atoms with Gasteiger partial charge >= 0.3 is 0 Å². The number of aliphatic hydroxyl groups is 1. The van der Waals surface area contributed by atoms with Crippen molar-refractivity contribution < 1.29 is 14.6 Å². The number of carbonyl (C=O) groups excluding carboxylic acids is 1.